The van der Waals surface area contributed by atoms with Crippen molar-refractivity contribution >= 4 is 17.7 Å². The number of piperazine rings is 1. The van der Waals surface area contributed by atoms with Gasteiger partial charge in [0, 0.05) is 30.8 Å². The molecule has 4 aliphatic rings. The van der Waals surface area contributed by atoms with Crippen LogP contribution in [0.4, 0.5) is 4.79 Å². The molecule has 3 aliphatic heterocycles. The molecule has 0 aromatic carbocycles. The fraction of sp³-hybridized carbons (Fsp3) is 0.562. The van der Waals surface area contributed by atoms with Crippen LogP contribution < -0.4 is 11.5 Å². The molecule has 1 amide bonds. The van der Waals surface area contributed by atoms with Gasteiger partial charge in [0.2, 0.25) is 11.6 Å². The van der Waals surface area contributed by atoms with Gasteiger partial charge in [-0.15, -0.1) is 0 Å². The van der Waals surface area contributed by atoms with Gasteiger partial charge in [-0.05, 0) is 14.0 Å². The van der Waals surface area contributed by atoms with E-state index in [9.17, 15) is 14.4 Å². The predicted molar refractivity (Wildman–Crippen MR) is 84.7 cm³/mol. The van der Waals surface area contributed by atoms with Crippen molar-refractivity contribution in [3.63, 3.8) is 0 Å². The molecule has 9 nitrogen and oxygen atoms in total. The van der Waals surface area contributed by atoms with E-state index in [1.54, 1.807) is 6.92 Å². The van der Waals surface area contributed by atoms with E-state index in [1.807, 2.05) is 11.9 Å². The molecule has 4 rings (SSSR count). The first kappa shape index (κ1) is 16.1. The number of fused-ring (bicyclic) bond motifs is 4. The number of Topliss-reactive ketones (excluding diaryl/α,β-unsaturated/α-hetero) is 2. The summed E-state index contributed by atoms with van der Waals surface area (Å²) in [5, 5.41) is 0. The van der Waals surface area contributed by atoms with E-state index in [1.165, 1.54) is 7.11 Å². The van der Waals surface area contributed by atoms with Gasteiger partial charge in [-0.2, -0.15) is 0 Å². The highest BCUT2D eigenvalue weighted by atomic mass is 16.6. The zero-order chi connectivity index (χ0) is 18.3. The number of nitrogens with two attached hydrogens (primary N) is 2. The zero-order valence-corrected chi connectivity index (χ0v) is 14.2. The van der Waals surface area contributed by atoms with Crippen molar-refractivity contribution in [1.82, 2.24) is 9.80 Å². The largest absolute Gasteiger partial charge is 0.449 e. The zero-order valence-electron chi connectivity index (χ0n) is 14.2. The third kappa shape index (κ3) is 1.72. The Hall–Kier alpha value is -2.39. The number of ether oxygens (including phenoxy) is 2. The molecule has 0 aromatic rings. The SMILES string of the molecule is CO[C@@]12[C@@H]3[C@H](CN1C1=C(C(=O)C(N)=C(C)C1=O)[C@@H]2COC(N)=O)N3C. The number of ketones is 2. The van der Waals surface area contributed by atoms with Gasteiger partial charge >= 0.3 is 6.09 Å². The second kappa shape index (κ2) is 4.83. The molecule has 4 N–H and O–H groups in total. The molecule has 25 heavy (non-hydrogen) atoms. The summed E-state index contributed by atoms with van der Waals surface area (Å²) in [4.78, 5) is 40.8. The van der Waals surface area contributed by atoms with Crippen molar-refractivity contribution in [2.75, 3.05) is 27.3 Å². The number of nitrogens with zero attached hydrogens (tertiary/aromatic N) is 2. The normalized spacial score (nSPS) is 38.8. The number of amides is 1. The minimum absolute atomic E-state index is 0.00768. The second-order valence-corrected chi connectivity index (χ2v) is 6.89. The molecule has 3 heterocycles. The van der Waals surface area contributed by atoms with Gasteiger partial charge in [-0.3, -0.25) is 14.5 Å². The Morgan fingerprint density at radius 3 is 2.64 bits per heavy atom. The number of carbonyl (C=O) groups excluding carboxylic acids is 3. The highest BCUT2D eigenvalue weighted by Gasteiger charge is 2.75. The van der Waals surface area contributed by atoms with E-state index in [-0.39, 0.29) is 41.3 Å². The summed E-state index contributed by atoms with van der Waals surface area (Å²) in [6, 6.07) is 0.211. The summed E-state index contributed by atoms with van der Waals surface area (Å²) in [6.45, 7) is 1.96. The van der Waals surface area contributed by atoms with E-state index in [0.29, 0.717) is 12.2 Å². The predicted octanol–water partition coefficient (Wildman–Crippen LogP) is -1.31. The average molecular weight is 348 g/mol. The number of primary amides is 1. The molecule has 9 heteroatoms. The van der Waals surface area contributed by atoms with Crippen LogP contribution in [-0.2, 0) is 19.1 Å². The third-order valence-electron chi connectivity index (χ3n) is 5.99. The number of hydrogen-bond donors (Lipinski definition) is 2. The van der Waals surface area contributed by atoms with Crippen molar-refractivity contribution in [2.24, 2.45) is 17.4 Å². The summed E-state index contributed by atoms with van der Waals surface area (Å²) in [5.41, 5.74) is 10.8. The Morgan fingerprint density at radius 2 is 2.04 bits per heavy atom. The number of hydrogen-bond acceptors (Lipinski definition) is 8. The van der Waals surface area contributed by atoms with E-state index in [2.05, 4.69) is 4.90 Å². The smallest absolute Gasteiger partial charge is 0.404 e. The van der Waals surface area contributed by atoms with Crippen molar-refractivity contribution in [1.29, 1.82) is 0 Å². The number of carbonyl (C=O) groups is 3. The van der Waals surface area contributed by atoms with Crippen molar-refractivity contribution in [3.05, 3.63) is 22.5 Å². The molecule has 1 aliphatic carbocycles. The van der Waals surface area contributed by atoms with Gasteiger partial charge in [-0.25, -0.2) is 4.79 Å². The maximum Gasteiger partial charge on any atom is 0.404 e. The van der Waals surface area contributed by atoms with Crippen molar-refractivity contribution < 1.29 is 23.9 Å². The van der Waals surface area contributed by atoms with Crippen LogP contribution in [0.25, 0.3) is 0 Å². The van der Waals surface area contributed by atoms with E-state index < -0.39 is 23.5 Å². The Kier molecular flexibility index (Phi) is 3.11. The fourth-order valence-corrected chi connectivity index (χ4v) is 4.73. The molecule has 5 atom stereocenters. The molecular formula is C16H20N4O5. The summed E-state index contributed by atoms with van der Waals surface area (Å²) >= 11 is 0. The van der Waals surface area contributed by atoms with Gasteiger partial charge in [-0.1, -0.05) is 0 Å². The van der Waals surface area contributed by atoms with Crippen LogP contribution in [0.2, 0.25) is 0 Å². The number of rotatable bonds is 3. The lowest BCUT2D eigenvalue weighted by Gasteiger charge is -2.40. The molecule has 2 fully saturated rings. The number of allylic oxidation sites excluding steroid dienone is 2. The van der Waals surface area contributed by atoms with E-state index in [4.69, 9.17) is 20.9 Å². The monoisotopic (exact) mass is 348 g/mol. The van der Waals surface area contributed by atoms with Gasteiger partial charge in [0.1, 0.15) is 6.61 Å². The lowest BCUT2D eigenvalue weighted by molar-refractivity contribution is -0.144. The van der Waals surface area contributed by atoms with Crippen molar-refractivity contribution in [3.8, 4) is 0 Å². The maximum atomic E-state index is 12.9. The quantitative estimate of drug-likeness (QED) is 0.475. The first-order valence-electron chi connectivity index (χ1n) is 8.04. The van der Waals surface area contributed by atoms with Crippen molar-refractivity contribution in [2.45, 2.75) is 24.7 Å². The lowest BCUT2D eigenvalue weighted by atomic mass is 9.82. The summed E-state index contributed by atoms with van der Waals surface area (Å²) in [7, 11) is 3.49. The average Bonchev–Trinajstić information content (AvgIpc) is 2.96. The first-order valence-corrected chi connectivity index (χ1v) is 8.04. The van der Waals surface area contributed by atoms with Crippen LogP contribution >= 0.6 is 0 Å². The van der Waals surface area contributed by atoms with E-state index in [0.717, 1.165) is 0 Å². The van der Waals surface area contributed by atoms with Crippen LogP contribution in [0, 0.1) is 5.92 Å². The molecule has 0 bridgehead atoms. The highest BCUT2D eigenvalue weighted by molar-refractivity contribution is 6.25. The Bertz CT molecular complexity index is 787. The molecule has 134 valence electrons. The molecule has 0 saturated carbocycles. The second-order valence-electron chi connectivity index (χ2n) is 6.89. The third-order valence-corrected chi connectivity index (χ3v) is 5.99. The minimum Gasteiger partial charge on any atom is -0.449 e. The Balaban J connectivity index is 1.85. The molecule has 1 unspecified atom stereocenters. The molecule has 0 radical (unpaired) electrons. The summed E-state index contributed by atoms with van der Waals surface area (Å²) in [6.07, 6.45) is -0.945. The van der Waals surface area contributed by atoms with E-state index >= 15 is 0 Å². The van der Waals surface area contributed by atoms with Crippen LogP contribution in [0.1, 0.15) is 6.92 Å². The van der Waals surface area contributed by atoms with Crippen LogP contribution in [-0.4, -0.2) is 72.6 Å². The Morgan fingerprint density at radius 1 is 1.36 bits per heavy atom. The first-order chi connectivity index (χ1) is 11.8. The van der Waals surface area contributed by atoms with Crippen LogP contribution in [0.3, 0.4) is 0 Å². The van der Waals surface area contributed by atoms with Gasteiger partial charge in [0.25, 0.3) is 0 Å². The van der Waals surface area contributed by atoms with Gasteiger partial charge in [0.15, 0.2) is 5.72 Å². The fourth-order valence-electron chi connectivity index (χ4n) is 4.73. The topological polar surface area (TPSA) is 128 Å². The van der Waals surface area contributed by atoms with Gasteiger partial charge in [0.05, 0.1) is 23.4 Å². The molecule has 2 saturated heterocycles. The number of likely N-dealkylation sites (N-methyl/N-ethyl adjacent to an activating group) is 1. The Labute approximate surface area is 144 Å². The summed E-state index contributed by atoms with van der Waals surface area (Å²) < 4.78 is 10.9. The molecule has 0 aromatic heterocycles. The summed E-state index contributed by atoms with van der Waals surface area (Å²) in [5.74, 6) is -1.32. The maximum absolute atomic E-state index is 12.9. The standard InChI is InChI=1S/C16H20N4O5/c1-6-10(17)13(22)9-7(5-25-15(18)23)16(24-3)14-8(19(14)2)4-20(16)11(9)12(6)21/h7-8,14H,4-5,17H2,1-3H3,(H2,18,23)/t7-,8-,14-,16-,19?/m0/s1. The van der Waals surface area contributed by atoms with Crippen LogP contribution in [0.15, 0.2) is 22.5 Å². The van der Waals surface area contributed by atoms with Crippen LogP contribution in [0.5, 0.6) is 0 Å². The number of methoxy groups -OCH3 is 1. The lowest BCUT2D eigenvalue weighted by Crippen LogP contribution is -2.55. The minimum atomic E-state index is -0.949. The van der Waals surface area contributed by atoms with Gasteiger partial charge < -0.3 is 25.8 Å². The molecule has 0 spiro atoms. The molecular weight excluding hydrogens is 328 g/mol. The highest BCUT2D eigenvalue weighted by Crippen LogP contribution is 2.59.